The van der Waals surface area contributed by atoms with E-state index < -0.39 is 11.8 Å². The molecule has 0 saturated heterocycles. The number of aryl methyl sites for hydroxylation is 3. The van der Waals surface area contributed by atoms with E-state index in [1.807, 2.05) is 26.8 Å². The number of anilines is 3. The molecule has 0 atom stereocenters. The van der Waals surface area contributed by atoms with Gasteiger partial charge in [-0.1, -0.05) is 6.07 Å². The Balaban J connectivity index is 2.06. The fraction of sp³-hybridized carbons (Fsp3) is 0.214. The fourth-order valence-corrected chi connectivity index (χ4v) is 2.45. The van der Waals surface area contributed by atoms with Gasteiger partial charge in [-0.3, -0.25) is 14.9 Å². The van der Waals surface area contributed by atoms with Crippen molar-refractivity contribution in [3.05, 3.63) is 34.3 Å². The molecule has 6 nitrogen and oxygen atoms in total. The number of nitrogens with one attached hydrogen (secondary N) is 2. The number of hydrogen-bond acceptors (Lipinski definition) is 5. The third kappa shape index (κ3) is 3.57. The molecule has 2 amide bonds. The molecule has 1 aromatic carbocycles. The van der Waals surface area contributed by atoms with Crippen molar-refractivity contribution < 1.29 is 9.59 Å². The SMILES string of the molecule is Cc1ccc(N)c(NC(=O)C(=O)Nc2nc(C)c(C)s2)c1. The van der Waals surface area contributed by atoms with Gasteiger partial charge >= 0.3 is 11.8 Å². The number of carbonyl (C=O) groups is 2. The molecule has 2 aromatic rings. The molecule has 7 heteroatoms. The van der Waals surface area contributed by atoms with Crippen molar-refractivity contribution in [2.75, 3.05) is 16.4 Å². The summed E-state index contributed by atoms with van der Waals surface area (Å²) in [4.78, 5) is 28.9. The average molecular weight is 304 g/mol. The van der Waals surface area contributed by atoms with E-state index in [0.717, 1.165) is 16.1 Å². The third-order valence-electron chi connectivity index (χ3n) is 2.91. The lowest BCUT2D eigenvalue weighted by atomic mass is 10.2. The predicted molar refractivity (Wildman–Crippen MR) is 84.4 cm³/mol. The van der Waals surface area contributed by atoms with E-state index in [1.165, 1.54) is 11.3 Å². The standard InChI is InChI=1S/C14H16N4O2S/c1-7-4-5-10(15)11(6-7)17-12(19)13(20)18-14-16-8(2)9(3)21-14/h4-6H,15H2,1-3H3,(H,17,19)(H,16,18,20). The van der Waals surface area contributed by atoms with Gasteiger partial charge < -0.3 is 11.1 Å². The highest BCUT2D eigenvalue weighted by atomic mass is 32.1. The van der Waals surface area contributed by atoms with E-state index >= 15 is 0 Å². The van der Waals surface area contributed by atoms with Crippen LogP contribution in [-0.2, 0) is 9.59 Å². The van der Waals surface area contributed by atoms with Crippen molar-refractivity contribution in [3.8, 4) is 0 Å². The van der Waals surface area contributed by atoms with Crippen LogP contribution in [0.3, 0.4) is 0 Å². The highest BCUT2D eigenvalue weighted by molar-refractivity contribution is 7.15. The van der Waals surface area contributed by atoms with Crippen molar-refractivity contribution in [3.63, 3.8) is 0 Å². The van der Waals surface area contributed by atoms with Crippen LogP contribution >= 0.6 is 11.3 Å². The molecule has 0 aliphatic heterocycles. The Morgan fingerprint density at radius 1 is 1.14 bits per heavy atom. The number of rotatable bonds is 2. The molecule has 0 unspecified atom stereocenters. The molecule has 110 valence electrons. The number of amides is 2. The van der Waals surface area contributed by atoms with Crippen LogP contribution in [0.4, 0.5) is 16.5 Å². The number of benzene rings is 1. The van der Waals surface area contributed by atoms with Crippen molar-refractivity contribution in [1.82, 2.24) is 4.98 Å². The molecule has 1 heterocycles. The summed E-state index contributed by atoms with van der Waals surface area (Å²) in [5, 5.41) is 5.37. The van der Waals surface area contributed by atoms with Gasteiger partial charge in [-0.2, -0.15) is 0 Å². The summed E-state index contributed by atoms with van der Waals surface area (Å²) in [6.45, 7) is 5.61. The summed E-state index contributed by atoms with van der Waals surface area (Å²) in [5.41, 5.74) is 8.35. The van der Waals surface area contributed by atoms with Crippen LogP contribution < -0.4 is 16.4 Å². The average Bonchev–Trinajstić information content (AvgIpc) is 2.72. The lowest BCUT2D eigenvalue weighted by Gasteiger charge is -2.08. The molecule has 0 spiro atoms. The van der Waals surface area contributed by atoms with E-state index in [4.69, 9.17) is 5.73 Å². The molecule has 0 aliphatic rings. The largest absolute Gasteiger partial charge is 0.397 e. The van der Waals surface area contributed by atoms with Crippen LogP contribution in [0.1, 0.15) is 16.1 Å². The van der Waals surface area contributed by atoms with Gasteiger partial charge in [0.05, 0.1) is 17.1 Å². The number of nitrogens with two attached hydrogens (primary N) is 1. The number of thiazole rings is 1. The molecule has 1 aromatic heterocycles. The molecule has 2 rings (SSSR count). The molecule has 0 bridgehead atoms. The minimum atomic E-state index is -0.780. The highest BCUT2D eigenvalue weighted by Crippen LogP contribution is 2.22. The van der Waals surface area contributed by atoms with Crippen LogP contribution in [0, 0.1) is 20.8 Å². The van der Waals surface area contributed by atoms with E-state index in [9.17, 15) is 9.59 Å². The molecular formula is C14H16N4O2S. The Bertz CT molecular complexity index is 689. The summed E-state index contributed by atoms with van der Waals surface area (Å²) in [7, 11) is 0. The topological polar surface area (TPSA) is 97.1 Å². The maximum absolute atomic E-state index is 11.9. The third-order valence-corrected chi connectivity index (χ3v) is 3.90. The van der Waals surface area contributed by atoms with Crippen LogP contribution in [0.5, 0.6) is 0 Å². The van der Waals surface area contributed by atoms with Gasteiger partial charge in [-0.05, 0) is 38.5 Å². The molecule has 0 saturated carbocycles. The van der Waals surface area contributed by atoms with Gasteiger partial charge in [0.1, 0.15) is 0 Å². The van der Waals surface area contributed by atoms with Gasteiger partial charge in [-0.25, -0.2) is 4.98 Å². The minimum Gasteiger partial charge on any atom is -0.397 e. The quantitative estimate of drug-likeness (QED) is 0.585. The zero-order valence-electron chi connectivity index (χ0n) is 12.0. The minimum absolute atomic E-state index is 0.405. The molecule has 0 fully saturated rings. The van der Waals surface area contributed by atoms with E-state index in [2.05, 4.69) is 15.6 Å². The zero-order chi connectivity index (χ0) is 15.6. The Kier molecular flexibility index (Phi) is 4.23. The van der Waals surface area contributed by atoms with E-state index in [-0.39, 0.29) is 0 Å². The molecule has 0 aliphatic carbocycles. The van der Waals surface area contributed by atoms with Crippen molar-refractivity contribution in [2.24, 2.45) is 0 Å². The summed E-state index contributed by atoms with van der Waals surface area (Å²) in [5.74, 6) is -1.55. The second-order valence-corrected chi connectivity index (χ2v) is 5.86. The van der Waals surface area contributed by atoms with Gasteiger partial charge in [-0.15, -0.1) is 11.3 Å². The number of nitrogen functional groups attached to an aromatic ring is 1. The Labute approximate surface area is 126 Å². The first-order chi connectivity index (χ1) is 9.86. The highest BCUT2D eigenvalue weighted by Gasteiger charge is 2.17. The lowest BCUT2D eigenvalue weighted by molar-refractivity contribution is -0.132. The summed E-state index contributed by atoms with van der Waals surface area (Å²) < 4.78 is 0. The number of carbonyl (C=O) groups excluding carboxylic acids is 2. The van der Waals surface area contributed by atoms with Gasteiger partial charge in [0.15, 0.2) is 5.13 Å². The first-order valence-corrected chi connectivity index (χ1v) is 7.11. The number of hydrogen-bond donors (Lipinski definition) is 3. The Hall–Kier alpha value is -2.41. The predicted octanol–water partition coefficient (Wildman–Crippen LogP) is 2.23. The smallest absolute Gasteiger partial charge is 0.315 e. The Morgan fingerprint density at radius 3 is 2.43 bits per heavy atom. The second kappa shape index (κ2) is 5.92. The summed E-state index contributed by atoms with van der Waals surface area (Å²) in [6.07, 6.45) is 0. The fourth-order valence-electron chi connectivity index (χ4n) is 1.64. The molecular weight excluding hydrogens is 288 g/mol. The van der Waals surface area contributed by atoms with Crippen molar-refractivity contribution in [1.29, 1.82) is 0 Å². The van der Waals surface area contributed by atoms with E-state index in [1.54, 1.807) is 12.1 Å². The van der Waals surface area contributed by atoms with Crippen LogP contribution in [0.15, 0.2) is 18.2 Å². The summed E-state index contributed by atoms with van der Waals surface area (Å²) in [6, 6.07) is 5.21. The lowest BCUT2D eigenvalue weighted by Crippen LogP contribution is -2.29. The van der Waals surface area contributed by atoms with Gasteiger partial charge in [0.2, 0.25) is 0 Å². The van der Waals surface area contributed by atoms with Gasteiger partial charge in [0, 0.05) is 4.88 Å². The first-order valence-electron chi connectivity index (χ1n) is 6.29. The number of aromatic nitrogens is 1. The van der Waals surface area contributed by atoms with Crippen LogP contribution in [0.2, 0.25) is 0 Å². The van der Waals surface area contributed by atoms with Crippen molar-refractivity contribution in [2.45, 2.75) is 20.8 Å². The molecule has 21 heavy (non-hydrogen) atoms. The van der Waals surface area contributed by atoms with Crippen LogP contribution in [-0.4, -0.2) is 16.8 Å². The van der Waals surface area contributed by atoms with Crippen LogP contribution in [0.25, 0.3) is 0 Å². The normalized spacial score (nSPS) is 10.2. The van der Waals surface area contributed by atoms with E-state index in [0.29, 0.717) is 16.5 Å². The van der Waals surface area contributed by atoms with Gasteiger partial charge in [0.25, 0.3) is 0 Å². The molecule has 4 N–H and O–H groups in total. The Morgan fingerprint density at radius 2 is 1.81 bits per heavy atom. The zero-order valence-corrected chi connectivity index (χ0v) is 12.8. The maximum Gasteiger partial charge on any atom is 0.315 e. The monoisotopic (exact) mass is 304 g/mol. The first kappa shape index (κ1) is 15.0. The second-order valence-electron chi connectivity index (χ2n) is 4.66. The number of nitrogens with zero attached hydrogens (tertiary/aromatic N) is 1. The maximum atomic E-state index is 11.9. The molecule has 0 radical (unpaired) electrons. The van der Waals surface area contributed by atoms with Crippen molar-refractivity contribution >= 4 is 39.7 Å². The summed E-state index contributed by atoms with van der Waals surface area (Å²) >= 11 is 1.32.